The molecule has 10 heteroatoms. The molecule has 4 aromatic rings. The summed E-state index contributed by atoms with van der Waals surface area (Å²) in [5.74, 6) is 6.52. The summed E-state index contributed by atoms with van der Waals surface area (Å²) < 4.78 is 14.8. The summed E-state index contributed by atoms with van der Waals surface area (Å²) in [6.45, 7) is 5.57. The van der Waals surface area contributed by atoms with Crippen LogP contribution in [0.3, 0.4) is 0 Å². The van der Waals surface area contributed by atoms with Crippen LogP contribution in [0.15, 0.2) is 53.0 Å². The highest BCUT2D eigenvalue weighted by atomic mass is 32.2. The van der Waals surface area contributed by atoms with Crippen LogP contribution in [0.2, 0.25) is 0 Å². The Morgan fingerprint density at radius 3 is 2.72 bits per heavy atom. The molecule has 0 radical (unpaired) electrons. The van der Waals surface area contributed by atoms with Crippen LogP contribution < -0.4 is 10.7 Å². The number of halogens is 1. The SMILES string of the molecule is CC(=O)N(c1ccc(C)c(C)c1)c1nc(CSc2nnc(-c3cccc(F)c3)n2N)cs1. The monoisotopic (exact) mass is 468 g/mol. The average Bonchev–Trinajstić information content (AvgIpc) is 3.35. The van der Waals surface area contributed by atoms with Gasteiger partial charge in [0, 0.05) is 23.6 Å². The Morgan fingerprint density at radius 1 is 1.19 bits per heavy atom. The molecule has 164 valence electrons. The number of nitrogens with two attached hydrogens (primary N) is 1. The quantitative estimate of drug-likeness (QED) is 0.321. The van der Waals surface area contributed by atoms with Gasteiger partial charge in [-0.05, 0) is 49.2 Å². The zero-order chi connectivity index (χ0) is 22.8. The number of hydrogen-bond acceptors (Lipinski definition) is 7. The van der Waals surface area contributed by atoms with Gasteiger partial charge in [-0.15, -0.1) is 21.5 Å². The maximum atomic E-state index is 13.5. The number of anilines is 2. The number of amides is 1. The van der Waals surface area contributed by atoms with Gasteiger partial charge in [-0.3, -0.25) is 9.69 Å². The van der Waals surface area contributed by atoms with Gasteiger partial charge < -0.3 is 5.84 Å². The topological polar surface area (TPSA) is 89.9 Å². The van der Waals surface area contributed by atoms with Gasteiger partial charge in [-0.25, -0.2) is 14.1 Å². The summed E-state index contributed by atoms with van der Waals surface area (Å²) in [5, 5.41) is 11.2. The molecule has 0 fully saturated rings. The summed E-state index contributed by atoms with van der Waals surface area (Å²) in [6.07, 6.45) is 0. The second-order valence-corrected chi connectivity index (χ2v) is 9.00. The Morgan fingerprint density at radius 2 is 2.00 bits per heavy atom. The lowest BCUT2D eigenvalue weighted by atomic mass is 10.1. The lowest BCUT2D eigenvalue weighted by Crippen LogP contribution is -2.22. The van der Waals surface area contributed by atoms with Crippen LogP contribution in [-0.2, 0) is 10.5 Å². The molecule has 2 N–H and O–H groups in total. The number of carbonyl (C=O) groups excluding carboxylic acids is 1. The van der Waals surface area contributed by atoms with Gasteiger partial charge in [-0.1, -0.05) is 30.0 Å². The number of aromatic nitrogens is 4. The van der Waals surface area contributed by atoms with Gasteiger partial charge in [-0.2, -0.15) is 0 Å². The largest absolute Gasteiger partial charge is 0.335 e. The fourth-order valence-corrected chi connectivity index (χ4v) is 4.84. The Hall–Kier alpha value is -3.24. The molecular weight excluding hydrogens is 447 g/mol. The molecule has 7 nitrogen and oxygen atoms in total. The third-order valence-electron chi connectivity index (χ3n) is 4.89. The van der Waals surface area contributed by atoms with Crippen molar-refractivity contribution in [1.29, 1.82) is 0 Å². The molecule has 0 aliphatic heterocycles. The summed E-state index contributed by atoms with van der Waals surface area (Å²) in [6, 6.07) is 11.9. The molecule has 2 aromatic heterocycles. The van der Waals surface area contributed by atoms with Crippen molar-refractivity contribution >= 4 is 39.8 Å². The lowest BCUT2D eigenvalue weighted by Gasteiger charge is -2.19. The van der Waals surface area contributed by atoms with E-state index in [9.17, 15) is 9.18 Å². The smallest absolute Gasteiger partial charge is 0.230 e. The van der Waals surface area contributed by atoms with Crippen LogP contribution in [0.5, 0.6) is 0 Å². The number of hydrogen-bond donors (Lipinski definition) is 1. The van der Waals surface area contributed by atoms with Crippen LogP contribution in [-0.4, -0.2) is 25.8 Å². The van der Waals surface area contributed by atoms with Gasteiger partial charge >= 0.3 is 0 Å². The number of thioether (sulfide) groups is 1. The summed E-state index contributed by atoms with van der Waals surface area (Å²) in [5.41, 5.74) is 4.40. The van der Waals surface area contributed by atoms with Crippen LogP contribution >= 0.6 is 23.1 Å². The molecule has 1 amide bonds. The number of rotatable bonds is 6. The zero-order valence-electron chi connectivity index (χ0n) is 17.7. The van der Waals surface area contributed by atoms with Crippen molar-refractivity contribution in [3.63, 3.8) is 0 Å². The predicted octanol–water partition coefficient (Wildman–Crippen LogP) is 4.85. The third-order valence-corrected chi connectivity index (χ3v) is 6.74. The first-order valence-electron chi connectivity index (χ1n) is 9.75. The fraction of sp³-hybridized carbons (Fsp3) is 0.182. The second kappa shape index (κ2) is 9.09. The van der Waals surface area contributed by atoms with Crippen molar-refractivity contribution in [2.45, 2.75) is 31.7 Å². The van der Waals surface area contributed by atoms with Crippen LogP contribution in [0.4, 0.5) is 15.2 Å². The van der Waals surface area contributed by atoms with E-state index in [0.29, 0.717) is 27.4 Å². The molecule has 32 heavy (non-hydrogen) atoms. The maximum Gasteiger partial charge on any atom is 0.230 e. The van der Waals surface area contributed by atoms with Crippen molar-refractivity contribution in [3.05, 3.63) is 70.5 Å². The van der Waals surface area contributed by atoms with Crippen molar-refractivity contribution < 1.29 is 9.18 Å². The number of benzene rings is 2. The molecule has 0 saturated heterocycles. The Balaban J connectivity index is 1.51. The number of aryl methyl sites for hydroxylation is 2. The fourth-order valence-electron chi connectivity index (χ4n) is 3.10. The number of carbonyl (C=O) groups is 1. The molecule has 2 aromatic carbocycles. The molecule has 0 spiro atoms. The standard InChI is InChI=1S/C22H21FN6OS2/c1-13-7-8-19(9-14(13)2)28(15(3)30)21-25-18(11-31-21)12-32-22-27-26-20(29(22)24)16-5-4-6-17(23)10-16/h4-11H,12,24H2,1-3H3. The minimum absolute atomic E-state index is 0.108. The number of nitrogen functional groups attached to an aromatic ring is 1. The highest BCUT2D eigenvalue weighted by Gasteiger charge is 2.19. The van der Waals surface area contributed by atoms with Gasteiger partial charge in [0.1, 0.15) is 5.82 Å². The van der Waals surface area contributed by atoms with Gasteiger partial charge in [0.05, 0.1) is 11.4 Å². The number of nitrogens with zero attached hydrogens (tertiary/aromatic N) is 5. The highest BCUT2D eigenvalue weighted by Crippen LogP contribution is 2.32. The van der Waals surface area contributed by atoms with E-state index in [-0.39, 0.29) is 11.7 Å². The number of thiazole rings is 1. The zero-order valence-corrected chi connectivity index (χ0v) is 19.4. The first-order chi connectivity index (χ1) is 15.3. The van der Waals surface area contributed by atoms with E-state index in [1.165, 1.54) is 46.8 Å². The van der Waals surface area contributed by atoms with Gasteiger partial charge in [0.25, 0.3) is 0 Å². The molecule has 0 unspecified atom stereocenters. The van der Waals surface area contributed by atoms with Crippen molar-refractivity contribution in [2.24, 2.45) is 0 Å². The van der Waals surface area contributed by atoms with Gasteiger partial charge in [0.15, 0.2) is 11.0 Å². The highest BCUT2D eigenvalue weighted by molar-refractivity contribution is 7.98. The molecule has 0 aliphatic rings. The van der Waals surface area contributed by atoms with E-state index in [4.69, 9.17) is 5.84 Å². The van der Waals surface area contributed by atoms with E-state index in [0.717, 1.165) is 22.5 Å². The normalized spacial score (nSPS) is 11.0. The van der Waals surface area contributed by atoms with E-state index in [1.807, 2.05) is 37.4 Å². The molecule has 0 aliphatic carbocycles. The summed E-state index contributed by atoms with van der Waals surface area (Å²) >= 11 is 2.76. The molecule has 0 atom stereocenters. The first kappa shape index (κ1) is 22.0. The molecule has 2 heterocycles. The van der Waals surface area contributed by atoms with E-state index in [1.54, 1.807) is 17.0 Å². The third kappa shape index (κ3) is 4.51. The van der Waals surface area contributed by atoms with E-state index >= 15 is 0 Å². The van der Waals surface area contributed by atoms with Crippen molar-refractivity contribution in [2.75, 3.05) is 10.7 Å². The van der Waals surface area contributed by atoms with Crippen LogP contribution in [0, 0.1) is 19.7 Å². The van der Waals surface area contributed by atoms with Gasteiger partial charge in [0.2, 0.25) is 11.1 Å². The lowest BCUT2D eigenvalue weighted by molar-refractivity contribution is -0.115. The van der Waals surface area contributed by atoms with E-state index < -0.39 is 0 Å². The summed E-state index contributed by atoms with van der Waals surface area (Å²) in [7, 11) is 0. The predicted molar refractivity (Wildman–Crippen MR) is 126 cm³/mol. The Labute approximate surface area is 193 Å². The van der Waals surface area contributed by atoms with Crippen molar-refractivity contribution in [1.82, 2.24) is 19.9 Å². The first-order valence-corrected chi connectivity index (χ1v) is 11.6. The van der Waals surface area contributed by atoms with E-state index in [2.05, 4.69) is 15.2 Å². The minimum atomic E-state index is -0.367. The Bertz CT molecular complexity index is 1290. The maximum absolute atomic E-state index is 13.5. The van der Waals surface area contributed by atoms with Crippen molar-refractivity contribution in [3.8, 4) is 11.4 Å². The molecule has 0 bridgehead atoms. The molecular formula is C22H21FN6OS2. The second-order valence-electron chi connectivity index (χ2n) is 7.22. The summed E-state index contributed by atoms with van der Waals surface area (Å²) in [4.78, 5) is 18.6. The Kier molecular flexibility index (Phi) is 6.24. The van der Waals surface area contributed by atoms with Crippen LogP contribution in [0.25, 0.3) is 11.4 Å². The molecule has 4 rings (SSSR count). The average molecular weight is 469 g/mol. The molecule has 0 saturated carbocycles. The minimum Gasteiger partial charge on any atom is -0.335 e. The van der Waals surface area contributed by atoms with Crippen LogP contribution in [0.1, 0.15) is 23.7 Å².